The third-order valence-electron chi connectivity index (χ3n) is 4.25. The van der Waals surface area contributed by atoms with Crippen LogP contribution in [0.4, 0.5) is 14.5 Å². The minimum Gasteiger partial charge on any atom is -0.480 e. The van der Waals surface area contributed by atoms with Gasteiger partial charge in [0.05, 0.1) is 38.6 Å². The van der Waals surface area contributed by atoms with Crippen LogP contribution in [0.1, 0.15) is 0 Å². The Morgan fingerprint density at radius 1 is 1.12 bits per heavy atom. The highest BCUT2D eigenvalue weighted by molar-refractivity contribution is 5.76. The average Bonchev–Trinajstić information content (AvgIpc) is 3.26. The van der Waals surface area contributed by atoms with Crippen LogP contribution in [0.5, 0.6) is 11.9 Å². The highest BCUT2D eigenvalue weighted by Gasteiger charge is 2.34. The summed E-state index contributed by atoms with van der Waals surface area (Å²) in [5.74, 6) is 0.280. The monoisotopic (exact) mass is 362 g/mol. The predicted molar refractivity (Wildman–Crippen MR) is 89.1 cm³/mol. The summed E-state index contributed by atoms with van der Waals surface area (Å²) in [4.78, 5) is 14.1. The summed E-state index contributed by atoms with van der Waals surface area (Å²) in [7, 11) is 2.93. The van der Waals surface area contributed by atoms with E-state index in [1.54, 1.807) is 27.9 Å². The molecule has 0 amide bonds. The molecule has 0 radical (unpaired) electrons. The molecule has 4 rings (SSSR count). The standard InChI is InChI=1S/C16H16F2N6O2/c1-25-15-9(6-20-16(21-15)26-2)12-5-13(14-19-3-4-24(14)22-12)23-7-10(17)11(18)8-23/h3-6,10-11H,7-8H2,1-2H3/t10-,11-/m0/s1. The van der Waals surface area contributed by atoms with E-state index in [-0.39, 0.29) is 25.0 Å². The van der Waals surface area contributed by atoms with E-state index in [0.29, 0.717) is 22.6 Å². The Hall–Kier alpha value is -3.04. The number of fused-ring (bicyclic) bond motifs is 1. The van der Waals surface area contributed by atoms with Crippen LogP contribution in [0.25, 0.3) is 16.9 Å². The molecule has 3 aromatic rings. The molecule has 1 aliphatic rings. The van der Waals surface area contributed by atoms with Crippen molar-refractivity contribution in [1.82, 2.24) is 24.6 Å². The third-order valence-corrected chi connectivity index (χ3v) is 4.25. The molecular weight excluding hydrogens is 346 g/mol. The van der Waals surface area contributed by atoms with Crippen LogP contribution in [-0.4, -0.2) is 64.2 Å². The minimum atomic E-state index is -1.53. The first kappa shape index (κ1) is 16.4. The van der Waals surface area contributed by atoms with Gasteiger partial charge in [-0.25, -0.2) is 23.3 Å². The Labute approximate surface area is 147 Å². The molecule has 0 unspecified atom stereocenters. The van der Waals surface area contributed by atoms with Crippen molar-refractivity contribution in [2.24, 2.45) is 0 Å². The topological polar surface area (TPSA) is 77.7 Å². The van der Waals surface area contributed by atoms with Crippen molar-refractivity contribution in [2.75, 3.05) is 32.2 Å². The number of imidazole rings is 1. The smallest absolute Gasteiger partial charge is 0.319 e. The van der Waals surface area contributed by atoms with E-state index in [9.17, 15) is 8.78 Å². The molecule has 10 heteroatoms. The summed E-state index contributed by atoms with van der Waals surface area (Å²) in [6.45, 7) is -0.0766. The number of hydrogen-bond donors (Lipinski definition) is 0. The highest BCUT2D eigenvalue weighted by atomic mass is 19.2. The van der Waals surface area contributed by atoms with Gasteiger partial charge in [0.25, 0.3) is 0 Å². The third kappa shape index (κ3) is 2.67. The lowest BCUT2D eigenvalue weighted by atomic mass is 10.2. The summed E-state index contributed by atoms with van der Waals surface area (Å²) >= 11 is 0. The van der Waals surface area contributed by atoms with E-state index >= 15 is 0 Å². The zero-order valence-corrected chi connectivity index (χ0v) is 14.1. The van der Waals surface area contributed by atoms with Crippen LogP contribution in [0.15, 0.2) is 24.7 Å². The first-order chi connectivity index (χ1) is 12.6. The molecule has 0 N–H and O–H groups in total. The van der Waals surface area contributed by atoms with Gasteiger partial charge in [0.15, 0.2) is 18.0 Å². The molecule has 0 aliphatic carbocycles. The number of alkyl halides is 2. The molecule has 0 aromatic carbocycles. The van der Waals surface area contributed by atoms with Crippen molar-refractivity contribution < 1.29 is 18.3 Å². The summed E-state index contributed by atoms with van der Waals surface area (Å²) in [6, 6.07) is 1.87. The second-order valence-corrected chi connectivity index (χ2v) is 5.83. The van der Waals surface area contributed by atoms with Gasteiger partial charge >= 0.3 is 6.01 Å². The van der Waals surface area contributed by atoms with Gasteiger partial charge in [0, 0.05) is 18.6 Å². The van der Waals surface area contributed by atoms with Gasteiger partial charge < -0.3 is 14.4 Å². The zero-order valence-electron chi connectivity index (χ0n) is 14.1. The van der Waals surface area contributed by atoms with E-state index in [0.717, 1.165) is 0 Å². The normalized spacial score (nSPS) is 19.9. The fraction of sp³-hybridized carbons (Fsp3) is 0.375. The quantitative estimate of drug-likeness (QED) is 0.699. The molecule has 136 valence electrons. The van der Waals surface area contributed by atoms with Crippen LogP contribution in [0, 0.1) is 0 Å². The number of ether oxygens (including phenoxy) is 2. The second kappa shape index (κ2) is 6.36. The summed E-state index contributed by atoms with van der Waals surface area (Å²) in [5, 5.41) is 4.48. The fourth-order valence-electron chi connectivity index (χ4n) is 2.97. The number of rotatable bonds is 4. The molecule has 2 atom stereocenters. The van der Waals surface area contributed by atoms with Crippen LogP contribution < -0.4 is 14.4 Å². The minimum absolute atomic E-state index is 0.0383. The van der Waals surface area contributed by atoms with Crippen LogP contribution in [0.2, 0.25) is 0 Å². The number of nitrogens with zero attached hydrogens (tertiary/aromatic N) is 6. The number of hydrogen-bond acceptors (Lipinski definition) is 7. The Kier molecular flexibility index (Phi) is 4.02. The van der Waals surface area contributed by atoms with E-state index in [4.69, 9.17) is 9.47 Å². The first-order valence-corrected chi connectivity index (χ1v) is 7.93. The number of anilines is 1. The van der Waals surface area contributed by atoms with Crippen molar-refractivity contribution in [3.63, 3.8) is 0 Å². The van der Waals surface area contributed by atoms with Gasteiger partial charge in [-0.2, -0.15) is 10.1 Å². The zero-order chi connectivity index (χ0) is 18.3. The predicted octanol–water partition coefficient (Wildman–Crippen LogP) is 1.70. The fourth-order valence-corrected chi connectivity index (χ4v) is 2.97. The molecule has 4 heterocycles. The van der Waals surface area contributed by atoms with Crippen molar-refractivity contribution >= 4 is 11.3 Å². The lowest BCUT2D eigenvalue weighted by molar-refractivity contribution is 0.217. The summed E-state index contributed by atoms with van der Waals surface area (Å²) in [6.07, 6.45) is 1.71. The maximum Gasteiger partial charge on any atom is 0.319 e. The first-order valence-electron chi connectivity index (χ1n) is 7.93. The second-order valence-electron chi connectivity index (χ2n) is 5.83. The molecule has 0 saturated carbocycles. The van der Waals surface area contributed by atoms with E-state index in [1.807, 2.05) is 0 Å². The Morgan fingerprint density at radius 3 is 2.58 bits per heavy atom. The van der Waals surface area contributed by atoms with Gasteiger partial charge in [-0.1, -0.05) is 0 Å². The van der Waals surface area contributed by atoms with Crippen LogP contribution in [-0.2, 0) is 0 Å². The van der Waals surface area contributed by atoms with Gasteiger partial charge in [-0.3, -0.25) is 0 Å². The Balaban J connectivity index is 1.85. The molecule has 1 aliphatic heterocycles. The molecule has 26 heavy (non-hydrogen) atoms. The van der Waals surface area contributed by atoms with E-state index < -0.39 is 12.3 Å². The number of methoxy groups -OCH3 is 2. The molecular formula is C16H16F2N6O2. The van der Waals surface area contributed by atoms with Gasteiger partial charge in [-0.15, -0.1) is 0 Å². The van der Waals surface area contributed by atoms with Gasteiger partial charge in [-0.05, 0) is 6.07 Å². The van der Waals surface area contributed by atoms with Crippen molar-refractivity contribution in [3.05, 3.63) is 24.7 Å². The van der Waals surface area contributed by atoms with Crippen LogP contribution in [0.3, 0.4) is 0 Å². The molecule has 3 aromatic heterocycles. The highest BCUT2D eigenvalue weighted by Crippen LogP contribution is 2.33. The molecule has 0 bridgehead atoms. The average molecular weight is 362 g/mol. The molecule has 0 spiro atoms. The summed E-state index contributed by atoms with van der Waals surface area (Å²) in [5.41, 5.74) is 2.12. The molecule has 1 fully saturated rings. The Bertz CT molecular complexity index is 940. The Morgan fingerprint density at radius 2 is 1.88 bits per heavy atom. The van der Waals surface area contributed by atoms with Gasteiger partial charge in [0.1, 0.15) is 5.69 Å². The number of halogens is 2. The lowest BCUT2D eigenvalue weighted by Crippen LogP contribution is -2.21. The molecule has 1 saturated heterocycles. The number of aromatic nitrogens is 5. The van der Waals surface area contributed by atoms with Crippen molar-refractivity contribution in [2.45, 2.75) is 12.3 Å². The molecule has 8 nitrogen and oxygen atoms in total. The maximum absolute atomic E-state index is 13.7. The largest absolute Gasteiger partial charge is 0.480 e. The van der Waals surface area contributed by atoms with Crippen molar-refractivity contribution in [3.8, 4) is 23.1 Å². The summed E-state index contributed by atoms with van der Waals surface area (Å²) < 4.78 is 39.2. The van der Waals surface area contributed by atoms with Crippen molar-refractivity contribution in [1.29, 1.82) is 0 Å². The van der Waals surface area contributed by atoms with Crippen LogP contribution >= 0.6 is 0 Å². The van der Waals surface area contributed by atoms with E-state index in [1.165, 1.54) is 20.4 Å². The lowest BCUT2D eigenvalue weighted by Gasteiger charge is -2.19. The SMILES string of the molecule is COc1ncc(-c2cc(N3C[C@H](F)[C@@H](F)C3)c3nccn3n2)c(OC)n1. The van der Waals surface area contributed by atoms with Gasteiger partial charge in [0.2, 0.25) is 5.88 Å². The van der Waals surface area contributed by atoms with E-state index in [2.05, 4.69) is 20.1 Å². The maximum atomic E-state index is 13.7.